The van der Waals surface area contributed by atoms with Gasteiger partial charge in [-0.25, -0.2) is 9.18 Å². The highest BCUT2D eigenvalue weighted by Gasteiger charge is 2.35. The number of halogens is 1. The van der Waals surface area contributed by atoms with E-state index in [0.29, 0.717) is 24.3 Å². The number of aromatic carboxylic acids is 1. The lowest BCUT2D eigenvalue weighted by atomic mass is 9.93. The highest BCUT2D eigenvalue weighted by Crippen LogP contribution is 2.43. The van der Waals surface area contributed by atoms with E-state index in [1.807, 2.05) is 0 Å². The van der Waals surface area contributed by atoms with Crippen molar-refractivity contribution >= 4 is 11.7 Å². The highest BCUT2D eigenvalue weighted by molar-refractivity contribution is 5.88. The summed E-state index contributed by atoms with van der Waals surface area (Å²) >= 11 is 0. The Morgan fingerprint density at radius 1 is 1.37 bits per heavy atom. The molecule has 1 aromatic carbocycles. The second-order valence-corrected chi connectivity index (χ2v) is 5.42. The van der Waals surface area contributed by atoms with Crippen LogP contribution in [0.4, 0.5) is 10.1 Å². The summed E-state index contributed by atoms with van der Waals surface area (Å²) in [6, 6.07) is 3.84. The summed E-state index contributed by atoms with van der Waals surface area (Å²) in [6.45, 7) is 0.700. The van der Waals surface area contributed by atoms with Gasteiger partial charge in [-0.1, -0.05) is 12.2 Å². The second-order valence-electron chi connectivity index (χ2n) is 5.42. The van der Waals surface area contributed by atoms with E-state index < -0.39 is 11.8 Å². The smallest absolute Gasteiger partial charge is 0.335 e. The Kier molecular flexibility index (Phi) is 3.01. The lowest BCUT2D eigenvalue weighted by Crippen LogP contribution is -2.19. The normalized spacial score (nSPS) is 27.7. The molecule has 3 nitrogen and oxygen atoms in total. The number of fused-ring (bicyclic) bond motifs is 2. The maximum Gasteiger partial charge on any atom is 0.335 e. The number of carbonyl (C=O) groups is 1. The maximum atomic E-state index is 13.6. The van der Waals surface area contributed by atoms with Gasteiger partial charge in [-0.3, -0.25) is 0 Å². The zero-order chi connectivity index (χ0) is 13.4. The molecule has 4 heteroatoms. The van der Waals surface area contributed by atoms with Crippen molar-refractivity contribution in [3.8, 4) is 0 Å². The first-order valence-corrected chi connectivity index (χ1v) is 6.58. The van der Waals surface area contributed by atoms with Crippen molar-refractivity contribution in [2.24, 2.45) is 17.8 Å². The Hall–Kier alpha value is -1.84. The van der Waals surface area contributed by atoms with Gasteiger partial charge in [-0.05, 0) is 48.8 Å². The predicted molar refractivity (Wildman–Crippen MR) is 70.7 cm³/mol. The minimum absolute atomic E-state index is 0.108. The fourth-order valence-electron chi connectivity index (χ4n) is 3.16. The second kappa shape index (κ2) is 4.68. The molecule has 1 saturated carbocycles. The molecule has 100 valence electrons. The summed E-state index contributed by atoms with van der Waals surface area (Å²) in [5, 5.41) is 12.0. The molecule has 1 aromatic rings. The fraction of sp³-hybridized carbons (Fsp3) is 0.400. The summed E-state index contributed by atoms with van der Waals surface area (Å²) in [7, 11) is 0. The largest absolute Gasteiger partial charge is 0.478 e. The third-order valence-electron chi connectivity index (χ3n) is 4.18. The Morgan fingerprint density at radius 2 is 2.21 bits per heavy atom. The van der Waals surface area contributed by atoms with Crippen LogP contribution in [-0.2, 0) is 0 Å². The first-order valence-electron chi connectivity index (χ1n) is 6.58. The van der Waals surface area contributed by atoms with Gasteiger partial charge in [-0.2, -0.15) is 0 Å². The lowest BCUT2D eigenvalue weighted by Gasteiger charge is -2.19. The van der Waals surface area contributed by atoms with Crippen molar-refractivity contribution in [2.45, 2.75) is 12.8 Å². The maximum absolute atomic E-state index is 13.6. The van der Waals surface area contributed by atoms with Crippen LogP contribution in [0.25, 0.3) is 0 Å². The molecule has 0 aliphatic heterocycles. The SMILES string of the molecule is O=C(O)c1ccc(F)c(NCC2CC3C=CC2C3)c1. The van der Waals surface area contributed by atoms with Crippen molar-refractivity contribution in [3.63, 3.8) is 0 Å². The molecular formula is C15H16FNO2. The van der Waals surface area contributed by atoms with Crippen LogP contribution in [0.5, 0.6) is 0 Å². The standard InChI is InChI=1S/C15H16FNO2/c16-13-4-3-11(15(18)19)7-14(13)17-8-12-6-9-1-2-10(12)5-9/h1-4,7,9-10,12,17H,5-6,8H2,(H,18,19). The van der Waals surface area contributed by atoms with Crippen molar-refractivity contribution in [2.75, 3.05) is 11.9 Å². The third-order valence-corrected chi connectivity index (χ3v) is 4.18. The van der Waals surface area contributed by atoms with Crippen LogP contribution in [0.15, 0.2) is 30.4 Å². The number of hydrogen-bond donors (Lipinski definition) is 2. The topological polar surface area (TPSA) is 49.3 Å². The van der Waals surface area contributed by atoms with E-state index in [-0.39, 0.29) is 11.3 Å². The van der Waals surface area contributed by atoms with E-state index in [2.05, 4.69) is 17.5 Å². The molecular weight excluding hydrogens is 245 g/mol. The lowest BCUT2D eigenvalue weighted by molar-refractivity contribution is 0.0697. The molecule has 3 atom stereocenters. The summed E-state index contributed by atoms with van der Waals surface area (Å²) in [5.41, 5.74) is 0.392. The van der Waals surface area contributed by atoms with Gasteiger partial charge in [0.15, 0.2) is 0 Å². The number of benzene rings is 1. The van der Waals surface area contributed by atoms with Gasteiger partial charge in [-0.15, -0.1) is 0 Å². The van der Waals surface area contributed by atoms with Gasteiger partial charge in [0.2, 0.25) is 0 Å². The van der Waals surface area contributed by atoms with Crippen LogP contribution in [0, 0.1) is 23.6 Å². The van der Waals surface area contributed by atoms with Crippen LogP contribution in [0.1, 0.15) is 23.2 Å². The third kappa shape index (κ3) is 2.35. The predicted octanol–water partition coefficient (Wildman–Crippen LogP) is 3.15. The minimum atomic E-state index is -1.04. The van der Waals surface area contributed by atoms with Gasteiger partial charge < -0.3 is 10.4 Å². The van der Waals surface area contributed by atoms with Gasteiger partial charge in [0.05, 0.1) is 11.3 Å². The molecule has 3 rings (SSSR count). The van der Waals surface area contributed by atoms with E-state index >= 15 is 0 Å². The highest BCUT2D eigenvalue weighted by atomic mass is 19.1. The molecule has 0 saturated heterocycles. The zero-order valence-corrected chi connectivity index (χ0v) is 10.5. The molecule has 0 heterocycles. The summed E-state index contributed by atoms with van der Waals surface area (Å²) in [5.74, 6) is 0.382. The molecule has 0 spiro atoms. The number of nitrogens with one attached hydrogen (secondary N) is 1. The first kappa shape index (κ1) is 12.2. The summed E-state index contributed by atoms with van der Waals surface area (Å²) in [6.07, 6.45) is 6.88. The minimum Gasteiger partial charge on any atom is -0.478 e. The first-order chi connectivity index (χ1) is 9.13. The van der Waals surface area contributed by atoms with Crippen LogP contribution in [-0.4, -0.2) is 17.6 Å². The number of anilines is 1. The van der Waals surface area contributed by atoms with E-state index in [4.69, 9.17) is 5.11 Å². The van der Waals surface area contributed by atoms with Gasteiger partial charge in [0.1, 0.15) is 5.82 Å². The quantitative estimate of drug-likeness (QED) is 0.818. The van der Waals surface area contributed by atoms with Gasteiger partial charge in [0.25, 0.3) is 0 Å². The molecule has 0 amide bonds. The molecule has 2 bridgehead atoms. The number of hydrogen-bond acceptors (Lipinski definition) is 2. The fourth-order valence-corrected chi connectivity index (χ4v) is 3.16. The van der Waals surface area contributed by atoms with Gasteiger partial charge >= 0.3 is 5.97 Å². The Labute approximate surface area is 111 Å². The zero-order valence-electron chi connectivity index (χ0n) is 10.5. The molecule has 2 aliphatic carbocycles. The van der Waals surface area contributed by atoms with Crippen molar-refractivity contribution < 1.29 is 14.3 Å². The van der Waals surface area contributed by atoms with E-state index in [0.717, 1.165) is 6.42 Å². The molecule has 2 N–H and O–H groups in total. The van der Waals surface area contributed by atoms with Crippen LogP contribution >= 0.6 is 0 Å². The molecule has 2 aliphatic rings. The van der Waals surface area contributed by atoms with Gasteiger partial charge in [0, 0.05) is 6.54 Å². The van der Waals surface area contributed by atoms with Crippen molar-refractivity contribution in [1.29, 1.82) is 0 Å². The number of carboxylic acid groups (broad SMARTS) is 1. The van der Waals surface area contributed by atoms with Crippen LogP contribution in [0.2, 0.25) is 0 Å². The molecule has 3 unspecified atom stereocenters. The van der Waals surface area contributed by atoms with E-state index in [1.165, 1.54) is 24.6 Å². The Morgan fingerprint density at radius 3 is 2.84 bits per heavy atom. The molecule has 19 heavy (non-hydrogen) atoms. The average Bonchev–Trinajstić information content (AvgIpc) is 2.99. The number of rotatable bonds is 4. The molecule has 1 fully saturated rings. The Bertz CT molecular complexity index is 541. The molecule has 0 radical (unpaired) electrons. The summed E-state index contributed by atoms with van der Waals surface area (Å²) in [4.78, 5) is 10.9. The van der Waals surface area contributed by atoms with E-state index in [9.17, 15) is 9.18 Å². The molecule has 0 aromatic heterocycles. The monoisotopic (exact) mass is 261 g/mol. The average molecular weight is 261 g/mol. The van der Waals surface area contributed by atoms with Crippen LogP contribution < -0.4 is 5.32 Å². The van der Waals surface area contributed by atoms with E-state index in [1.54, 1.807) is 0 Å². The van der Waals surface area contributed by atoms with Crippen molar-refractivity contribution in [3.05, 3.63) is 41.7 Å². The Balaban J connectivity index is 1.68. The van der Waals surface area contributed by atoms with Crippen molar-refractivity contribution in [1.82, 2.24) is 0 Å². The number of allylic oxidation sites excluding steroid dienone is 2. The number of carboxylic acids is 1. The summed E-state index contributed by atoms with van der Waals surface area (Å²) < 4.78 is 13.6. The van der Waals surface area contributed by atoms with Crippen LogP contribution in [0.3, 0.4) is 0 Å².